The lowest BCUT2D eigenvalue weighted by Gasteiger charge is -2.14. The number of aromatic nitrogens is 2. The number of hydrogen-bond acceptors (Lipinski definition) is 5. The molecule has 23 heavy (non-hydrogen) atoms. The SMILES string of the molecule is Cc1ccccc1-c1nnc(S[C@@H](C)C(=O)NC2CCCC2)o1. The minimum Gasteiger partial charge on any atom is -0.411 e. The van der Waals surface area contributed by atoms with Crippen molar-refractivity contribution in [1.29, 1.82) is 0 Å². The van der Waals surface area contributed by atoms with E-state index in [2.05, 4.69) is 15.5 Å². The van der Waals surface area contributed by atoms with Crippen molar-refractivity contribution >= 4 is 17.7 Å². The van der Waals surface area contributed by atoms with E-state index in [1.807, 2.05) is 38.1 Å². The molecular weight excluding hydrogens is 310 g/mol. The third kappa shape index (κ3) is 3.93. The van der Waals surface area contributed by atoms with Gasteiger partial charge in [-0.05, 0) is 38.3 Å². The summed E-state index contributed by atoms with van der Waals surface area (Å²) >= 11 is 1.30. The molecule has 3 rings (SSSR count). The number of carbonyl (C=O) groups excluding carboxylic acids is 1. The highest BCUT2D eigenvalue weighted by Crippen LogP contribution is 2.28. The molecule has 0 bridgehead atoms. The molecule has 2 aromatic rings. The molecule has 1 N–H and O–H groups in total. The van der Waals surface area contributed by atoms with Crippen LogP contribution in [0.25, 0.3) is 11.5 Å². The Morgan fingerprint density at radius 1 is 1.30 bits per heavy atom. The molecule has 1 aromatic carbocycles. The third-order valence-electron chi connectivity index (χ3n) is 4.13. The highest BCUT2D eigenvalue weighted by Gasteiger charge is 2.23. The van der Waals surface area contributed by atoms with Crippen molar-refractivity contribution in [2.24, 2.45) is 0 Å². The number of carbonyl (C=O) groups is 1. The Balaban J connectivity index is 1.62. The van der Waals surface area contributed by atoms with E-state index in [1.165, 1.54) is 24.6 Å². The molecule has 0 radical (unpaired) electrons. The molecule has 1 saturated carbocycles. The average Bonchev–Trinajstić information content (AvgIpc) is 3.19. The van der Waals surface area contributed by atoms with E-state index in [0.717, 1.165) is 24.0 Å². The average molecular weight is 331 g/mol. The Hall–Kier alpha value is -1.82. The molecule has 122 valence electrons. The van der Waals surface area contributed by atoms with Gasteiger partial charge in [-0.1, -0.05) is 42.8 Å². The van der Waals surface area contributed by atoms with E-state index in [-0.39, 0.29) is 11.2 Å². The van der Waals surface area contributed by atoms with Crippen molar-refractivity contribution in [2.75, 3.05) is 0 Å². The molecule has 6 heteroatoms. The quantitative estimate of drug-likeness (QED) is 0.848. The number of thioether (sulfide) groups is 1. The second-order valence-electron chi connectivity index (χ2n) is 5.94. The number of rotatable bonds is 5. The zero-order valence-corrected chi connectivity index (χ0v) is 14.2. The van der Waals surface area contributed by atoms with Gasteiger partial charge in [0.25, 0.3) is 5.22 Å². The minimum atomic E-state index is -0.249. The van der Waals surface area contributed by atoms with Gasteiger partial charge in [-0.25, -0.2) is 0 Å². The summed E-state index contributed by atoms with van der Waals surface area (Å²) in [5.74, 6) is 0.534. The summed E-state index contributed by atoms with van der Waals surface area (Å²) < 4.78 is 5.70. The van der Waals surface area contributed by atoms with Crippen LogP contribution in [0.3, 0.4) is 0 Å². The number of aryl methyl sites for hydroxylation is 1. The summed E-state index contributed by atoms with van der Waals surface area (Å²) in [4.78, 5) is 12.2. The van der Waals surface area contributed by atoms with E-state index in [1.54, 1.807) is 0 Å². The topological polar surface area (TPSA) is 68.0 Å². The molecule has 1 heterocycles. The van der Waals surface area contributed by atoms with Crippen LogP contribution >= 0.6 is 11.8 Å². The van der Waals surface area contributed by atoms with Gasteiger partial charge in [-0.15, -0.1) is 10.2 Å². The Kier molecular flexibility index (Phi) is 5.00. The van der Waals surface area contributed by atoms with Gasteiger partial charge in [0.05, 0.1) is 5.25 Å². The van der Waals surface area contributed by atoms with Crippen LogP contribution in [0.5, 0.6) is 0 Å². The lowest BCUT2D eigenvalue weighted by Crippen LogP contribution is -2.37. The standard InChI is InChI=1S/C17H21N3O2S/c1-11-7-3-6-10-14(11)16-19-20-17(22-16)23-12(2)15(21)18-13-8-4-5-9-13/h3,6-7,10,12-13H,4-5,8-9H2,1-2H3,(H,18,21)/t12-/m0/s1. The van der Waals surface area contributed by atoms with Crippen LogP contribution in [0.15, 0.2) is 33.9 Å². The first-order valence-electron chi connectivity index (χ1n) is 8.00. The van der Waals surface area contributed by atoms with Crippen LogP contribution in [0.1, 0.15) is 38.2 Å². The fourth-order valence-corrected chi connectivity index (χ4v) is 3.47. The fourth-order valence-electron chi connectivity index (χ4n) is 2.77. The maximum atomic E-state index is 12.2. The summed E-state index contributed by atoms with van der Waals surface area (Å²) in [6.45, 7) is 3.87. The van der Waals surface area contributed by atoms with Gasteiger partial charge < -0.3 is 9.73 Å². The lowest BCUT2D eigenvalue weighted by atomic mass is 10.1. The maximum Gasteiger partial charge on any atom is 0.277 e. The highest BCUT2D eigenvalue weighted by atomic mass is 32.2. The maximum absolute atomic E-state index is 12.2. The molecule has 1 atom stereocenters. The van der Waals surface area contributed by atoms with Crippen molar-refractivity contribution in [3.8, 4) is 11.5 Å². The van der Waals surface area contributed by atoms with Crippen LogP contribution in [-0.4, -0.2) is 27.4 Å². The number of amides is 1. The van der Waals surface area contributed by atoms with Gasteiger partial charge in [0.2, 0.25) is 11.8 Å². The van der Waals surface area contributed by atoms with Gasteiger partial charge in [-0.2, -0.15) is 0 Å². The molecule has 0 unspecified atom stereocenters. The summed E-state index contributed by atoms with van der Waals surface area (Å²) in [6.07, 6.45) is 4.58. The van der Waals surface area contributed by atoms with Gasteiger partial charge >= 0.3 is 0 Å². The van der Waals surface area contributed by atoms with Crippen LogP contribution in [0.2, 0.25) is 0 Å². The van der Waals surface area contributed by atoms with Crippen molar-refractivity contribution in [1.82, 2.24) is 15.5 Å². The number of nitrogens with zero attached hydrogens (tertiary/aromatic N) is 2. The van der Waals surface area contributed by atoms with Crippen LogP contribution < -0.4 is 5.32 Å². The summed E-state index contributed by atoms with van der Waals surface area (Å²) in [7, 11) is 0. The second-order valence-corrected chi connectivity index (χ2v) is 7.23. The molecule has 0 spiro atoms. The molecule has 1 aliphatic rings. The molecule has 1 aromatic heterocycles. The van der Waals surface area contributed by atoms with Crippen molar-refractivity contribution in [2.45, 2.75) is 56.0 Å². The Morgan fingerprint density at radius 3 is 2.78 bits per heavy atom. The van der Waals surface area contributed by atoms with Crippen LogP contribution in [0, 0.1) is 6.92 Å². The van der Waals surface area contributed by atoms with E-state index >= 15 is 0 Å². The van der Waals surface area contributed by atoms with E-state index in [0.29, 0.717) is 17.2 Å². The van der Waals surface area contributed by atoms with Crippen molar-refractivity contribution in [3.05, 3.63) is 29.8 Å². The largest absolute Gasteiger partial charge is 0.411 e. The molecule has 1 fully saturated rings. The predicted molar refractivity (Wildman–Crippen MR) is 90.2 cm³/mol. The smallest absolute Gasteiger partial charge is 0.277 e. The summed E-state index contributed by atoms with van der Waals surface area (Å²) in [5.41, 5.74) is 2.01. The minimum absolute atomic E-state index is 0.0394. The first-order chi connectivity index (χ1) is 11.1. The van der Waals surface area contributed by atoms with E-state index < -0.39 is 0 Å². The predicted octanol–water partition coefficient (Wildman–Crippen LogP) is 3.58. The molecule has 0 saturated heterocycles. The molecule has 1 aliphatic carbocycles. The third-order valence-corrected chi connectivity index (χ3v) is 5.06. The normalized spacial score (nSPS) is 16.4. The van der Waals surface area contributed by atoms with Crippen molar-refractivity contribution in [3.63, 3.8) is 0 Å². The highest BCUT2D eigenvalue weighted by molar-refractivity contribution is 8.00. The number of nitrogens with one attached hydrogen (secondary N) is 1. The summed E-state index contributed by atoms with van der Waals surface area (Å²) in [5, 5.41) is 11.4. The number of hydrogen-bond donors (Lipinski definition) is 1. The zero-order chi connectivity index (χ0) is 16.2. The fraction of sp³-hybridized carbons (Fsp3) is 0.471. The lowest BCUT2D eigenvalue weighted by molar-refractivity contribution is -0.120. The monoisotopic (exact) mass is 331 g/mol. The molecular formula is C17H21N3O2S. The number of benzene rings is 1. The van der Waals surface area contributed by atoms with Gasteiger partial charge in [-0.3, -0.25) is 4.79 Å². The molecule has 0 aliphatic heterocycles. The van der Waals surface area contributed by atoms with Gasteiger partial charge in [0.1, 0.15) is 0 Å². The summed E-state index contributed by atoms with van der Waals surface area (Å²) in [6, 6.07) is 8.20. The van der Waals surface area contributed by atoms with Crippen molar-refractivity contribution < 1.29 is 9.21 Å². The molecule has 5 nitrogen and oxygen atoms in total. The Bertz CT molecular complexity index is 680. The first-order valence-corrected chi connectivity index (χ1v) is 8.88. The van der Waals surface area contributed by atoms with E-state index in [9.17, 15) is 4.79 Å². The van der Waals surface area contributed by atoms with Crippen LogP contribution in [0.4, 0.5) is 0 Å². The van der Waals surface area contributed by atoms with Crippen LogP contribution in [-0.2, 0) is 4.79 Å². The Labute approximate surface area is 140 Å². The van der Waals surface area contributed by atoms with Gasteiger partial charge in [0.15, 0.2) is 0 Å². The van der Waals surface area contributed by atoms with Gasteiger partial charge in [0, 0.05) is 11.6 Å². The van der Waals surface area contributed by atoms with E-state index in [4.69, 9.17) is 4.42 Å². The first kappa shape index (κ1) is 16.1. The molecule has 1 amide bonds. The Morgan fingerprint density at radius 2 is 2.04 bits per heavy atom. The zero-order valence-electron chi connectivity index (χ0n) is 13.4. The second kappa shape index (κ2) is 7.17.